The highest BCUT2D eigenvalue weighted by Crippen LogP contribution is 2.29. The summed E-state index contributed by atoms with van der Waals surface area (Å²) >= 11 is 0. The Morgan fingerprint density at radius 2 is 2.19 bits per heavy atom. The predicted molar refractivity (Wildman–Crippen MR) is 62.3 cm³/mol. The average Bonchev–Trinajstić information content (AvgIpc) is 2.22. The van der Waals surface area contributed by atoms with E-state index in [1.807, 2.05) is 13.0 Å². The Labute approximate surface area is 96.2 Å². The fraction of sp³-hybridized carbons (Fsp3) is 0.667. The largest absolute Gasteiger partial charge is 0.474 e. The van der Waals surface area contributed by atoms with Crippen LogP contribution in [0, 0.1) is 12.8 Å². The lowest BCUT2D eigenvalue weighted by Crippen LogP contribution is -2.38. The maximum absolute atomic E-state index is 5.80. The van der Waals surface area contributed by atoms with Crippen LogP contribution in [0.2, 0.25) is 0 Å². The van der Waals surface area contributed by atoms with Gasteiger partial charge < -0.3 is 10.5 Å². The topological polar surface area (TPSA) is 61.0 Å². The lowest BCUT2D eigenvalue weighted by Gasteiger charge is -2.34. The summed E-state index contributed by atoms with van der Waals surface area (Å²) in [7, 11) is 0. The fourth-order valence-corrected chi connectivity index (χ4v) is 1.97. The minimum absolute atomic E-state index is 0.299. The van der Waals surface area contributed by atoms with Crippen molar-refractivity contribution in [2.24, 2.45) is 11.7 Å². The highest BCUT2D eigenvalue weighted by atomic mass is 16.5. The number of aryl methyl sites for hydroxylation is 2. The molecule has 1 aliphatic rings. The van der Waals surface area contributed by atoms with E-state index in [-0.39, 0.29) is 0 Å². The summed E-state index contributed by atoms with van der Waals surface area (Å²) in [5.74, 6) is 2.13. The first kappa shape index (κ1) is 11.3. The molecule has 16 heavy (non-hydrogen) atoms. The number of nitrogens with zero attached hydrogens (tertiary/aromatic N) is 2. The third kappa shape index (κ3) is 2.50. The van der Waals surface area contributed by atoms with Gasteiger partial charge in [0.05, 0.1) is 0 Å². The summed E-state index contributed by atoms with van der Waals surface area (Å²) in [5, 5.41) is 0. The van der Waals surface area contributed by atoms with Gasteiger partial charge in [0, 0.05) is 11.8 Å². The molecule has 1 aliphatic carbocycles. The normalized spacial score (nSPS) is 23.9. The zero-order valence-corrected chi connectivity index (χ0v) is 9.94. The van der Waals surface area contributed by atoms with Gasteiger partial charge in [-0.15, -0.1) is 0 Å². The van der Waals surface area contributed by atoms with E-state index >= 15 is 0 Å². The van der Waals surface area contributed by atoms with Crippen LogP contribution in [0.25, 0.3) is 0 Å². The first-order valence-corrected chi connectivity index (χ1v) is 5.92. The first-order chi connectivity index (χ1) is 7.71. The summed E-state index contributed by atoms with van der Waals surface area (Å²) in [6.07, 6.45) is 3.32. The van der Waals surface area contributed by atoms with Gasteiger partial charge in [-0.3, -0.25) is 0 Å². The summed E-state index contributed by atoms with van der Waals surface area (Å²) in [6.45, 7) is 4.75. The van der Waals surface area contributed by atoms with Crippen molar-refractivity contribution in [3.63, 3.8) is 0 Å². The molecule has 2 N–H and O–H groups in total. The molecule has 1 aromatic heterocycles. The number of rotatable bonds is 4. The van der Waals surface area contributed by atoms with Crippen molar-refractivity contribution < 1.29 is 4.74 Å². The Morgan fingerprint density at radius 3 is 2.81 bits per heavy atom. The third-order valence-electron chi connectivity index (χ3n) is 3.04. The Balaban J connectivity index is 1.97. The summed E-state index contributed by atoms with van der Waals surface area (Å²) in [4.78, 5) is 8.61. The number of hydrogen-bond acceptors (Lipinski definition) is 4. The Kier molecular flexibility index (Phi) is 3.39. The van der Waals surface area contributed by atoms with Gasteiger partial charge in [0.15, 0.2) is 0 Å². The van der Waals surface area contributed by atoms with Crippen molar-refractivity contribution in [2.45, 2.75) is 39.2 Å². The van der Waals surface area contributed by atoms with E-state index in [1.54, 1.807) is 0 Å². The van der Waals surface area contributed by atoms with Crippen LogP contribution in [0.5, 0.6) is 5.88 Å². The lowest BCUT2D eigenvalue weighted by molar-refractivity contribution is 0.0645. The van der Waals surface area contributed by atoms with E-state index in [0.29, 0.717) is 17.9 Å². The monoisotopic (exact) mass is 221 g/mol. The van der Waals surface area contributed by atoms with E-state index in [0.717, 1.165) is 37.3 Å². The van der Waals surface area contributed by atoms with Gasteiger partial charge in [0.25, 0.3) is 0 Å². The quantitative estimate of drug-likeness (QED) is 0.836. The molecule has 4 nitrogen and oxygen atoms in total. The first-order valence-electron chi connectivity index (χ1n) is 5.92. The molecule has 1 saturated carbocycles. The summed E-state index contributed by atoms with van der Waals surface area (Å²) < 4.78 is 5.80. The molecule has 1 heterocycles. The lowest BCUT2D eigenvalue weighted by atomic mass is 9.82. The van der Waals surface area contributed by atoms with Crippen molar-refractivity contribution >= 4 is 0 Å². The molecule has 1 fully saturated rings. The molecule has 0 saturated heterocycles. The van der Waals surface area contributed by atoms with Crippen LogP contribution >= 0.6 is 0 Å². The molecule has 2 rings (SSSR count). The van der Waals surface area contributed by atoms with Crippen molar-refractivity contribution in [3.8, 4) is 5.88 Å². The molecular formula is C12H19N3O. The van der Waals surface area contributed by atoms with Gasteiger partial charge in [-0.2, -0.15) is 4.98 Å². The molecule has 1 aromatic rings. The van der Waals surface area contributed by atoms with Crippen molar-refractivity contribution in [2.75, 3.05) is 6.54 Å². The SMILES string of the molecule is CCc1cc(OC2CC(CN)C2)nc(C)n1. The molecule has 88 valence electrons. The number of nitrogens with two attached hydrogens (primary N) is 1. The van der Waals surface area contributed by atoms with Crippen LogP contribution in [0.1, 0.15) is 31.3 Å². The van der Waals surface area contributed by atoms with Gasteiger partial charge in [-0.05, 0) is 38.6 Å². The maximum atomic E-state index is 5.80. The molecule has 0 aliphatic heterocycles. The second kappa shape index (κ2) is 4.78. The molecular weight excluding hydrogens is 202 g/mol. The second-order valence-corrected chi connectivity index (χ2v) is 4.41. The number of aromatic nitrogens is 2. The maximum Gasteiger partial charge on any atom is 0.217 e. The predicted octanol–water partition coefficient (Wildman–Crippen LogP) is 1.46. The van der Waals surface area contributed by atoms with E-state index in [9.17, 15) is 0 Å². The van der Waals surface area contributed by atoms with Crippen LogP contribution in [0.15, 0.2) is 6.07 Å². The zero-order valence-electron chi connectivity index (χ0n) is 9.94. The van der Waals surface area contributed by atoms with Crippen LogP contribution < -0.4 is 10.5 Å². The number of ether oxygens (including phenoxy) is 1. The molecule has 0 spiro atoms. The van der Waals surface area contributed by atoms with E-state index in [4.69, 9.17) is 10.5 Å². The standard InChI is InChI=1S/C12H19N3O/c1-3-10-6-12(15-8(2)14-10)16-11-4-9(5-11)7-13/h6,9,11H,3-5,7,13H2,1-2H3. The minimum Gasteiger partial charge on any atom is -0.474 e. The summed E-state index contributed by atoms with van der Waals surface area (Å²) in [6, 6.07) is 1.93. The molecule has 0 bridgehead atoms. The number of hydrogen-bond donors (Lipinski definition) is 1. The van der Waals surface area contributed by atoms with Crippen LogP contribution in [-0.2, 0) is 6.42 Å². The summed E-state index contributed by atoms with van der Waals surface area (Å²) in [5.41, 5.74) is 6.62. The Morgan fingerprint density at radius 1 is 1.44 bits per heavy atom. The molecule has 0 radical (unpaired) electrons. The minimum atomic E-state index is 0.299. The Hall–Kier alpha value is -1.16. The molecule has 0 atom stereocenters. The van der Waals surface area contributed by atoms with Gasteiger partial charge in [0.1, 0.15) is 11.9 Å². The van der Waals surface area contributed by atoms with E-state index in [1.165, 1.54) is 0 Å². The van der Waals surface area contributed by atoms with Crippen LogP contribution in [0.3, 0.4) is 0 Å². The van der Waals surface area contributed by atoms with Crippen LogP contribution in [0.4, 0.5) is 0 Å². The highest BCUT2D eigenvalue weighted by Gasteiger charge is 2.29. The molecule has 0 unspecified atom stereocenters. The smallest absolute Gasteiger partial charge is 0.217 e. The second-order valence-electron chi connectivity index (χ2n) is 4.41. The van der Waals surface area contributed by atoms with E-state index in [2.05, 4.69) is 16.9 Å². The third-order valence-corrected chi connectivity index (χ3v) is 3.04. The van der Waals surface area contributed by atoms with Crippen molar-refractivity contribution in [1.82, 2.24) is 9.97 Å². The molecule has 0 amide bonds. The Bertz CT molecular complexity index is 361. The zero-order chi connectivity index (χ0) is 11.5. The van der Waals surface area contributed by atoms with E-state index < -0.39 is 0 Å². The average molecular weight is 221 g/mol. The molecule has 0 aromatic carbocycles. The highest BCUT2D eigenvalue weighted by molar-refractivity contribution is 5.16. The molecule has 4 heteroatoms. The van der Waals surface area contributed by atoms with Crippen LogP contribution in [-0.4, -0.2) is 22.6 Å². The van der Waals surface area contributed by atoms with Gasteiger partial charge in [-0.1, -0.05) is 6.92 Å². The van der Waals surface area contributed by atoms with Crippen molar-refractivity contribution in [3.05, 3.63) is 17.6 Å². The van der Waals surface area contributed by atoms with Gasteiger partial charge in [0.2, 0.25) is 5.88 Å². The van der Waals surface area contributed by atoms with Gasteiger partial charge >= 0.3 is 0 Å². The van der Waals surface area contributed by atoms with Gasteiger partial charge in [-0.25, -0.2) is 4.98 Å². The fourth-order valence-electron chi connectivity index (χ4n) is 1.97. The van der Waals surface area contributed by atoms with Crippen molar-refractivity contribution in [1.29, 1.82) is 0 Å².